The number of hydrogen-bond donors (Lipinski definition) is 1. The van der Waals surface area contributed by atoms with Crippen LogP contribution in [0.4, 0.5) is 0 Å². The largest absolute Gasteiger partial charge is 0.384 e. The minimum absolute atomic E-state index is 0.303. The van der Waals surface area contributed by atoms with Crippen LogP contribution in [0.5, 0.6) is 0 Å². The van der Waals surface area contributed by atoms with Crippen LogP contribution in [-0.2, 0) is 9.47 Å². The zero-order valence-corrected chi connectivity index (χ0v) is 9.94. The summed E-state index contributed by atoms with van der Waals surface area (Å²) in [4.78, 5) is 0. The van der Waals surface area contributed by atoms with Crippen LogP contribution < -0.4 is 0 Å². The molecule has 3 aliphatic rings. The van der Waals surface area contributed by atoms with Crippen molar-refractivity contribution >= 4 is 30.4 Å². The van der Waals surface area contributed by atoms with Crippen molar-refractivity contribution in [2.75, 3.05) is 6.61 Å². The van der Waals surface area contributed by atoms with E-state index in [0.29, 0.717) is 10.5 Å². The SMILES string of the molecule is [B][C@@H]1O[C@@]23COC1C2(O)CCCC3I. The highest BCUT2D eigenvalue weighted by Crippen LogP contribution is 2.56. The Kier molecular flexibility index (Phi) is 2.02. The van der Waals surface area contributed by atoms with E-state index in [9.17, 15) is 5.11 Å². The van der Waals surface area contributed by atoms with Crippen LogP contribution in [0.3, 0.4) is 0 Å². The topological polar surface area (TPSA) is 38.7 Å². The molecule has 3 rings (SSSR count). The summed E-state index contributed by atoms with van der Waals surface area (Å²) in [6, 6.07) is -0.455. The third-order valence-corrected chi connectivity index (χ3v) is 5.48. The molecule has 2 radical (unpaired) electrons. The van der Waals surface area contributed by atoms with E-state index in [0.717, 1.165) is 19.3 Å². The zero-order chi connectivity index (χ0) is 9.97. The lowest BCUT2D eigenvalue weighted by Crippen LogP contribution is -2.59. The highest BCUT2D eigenvalue weighted by atomic mass is 127. The third-order valence-electron chi connectivity index (χ3n) is 3.85. The van der Waals surface area contributed by atoms with Gasteiger partial charge in [-0.25, -0.2) is 0 Å². The van der Waals surface area contributed by atoms with Gasteiger partial charge in [0.1, 0.15) is 25.2 Å². The summed E-state index contributed by atoms with van der Waals surface area (Å²) < 4.78 is 11.6. The summed E-state index contributed by atoms with van der Waals surface area (Å²) >= 11 is 2.35. The summed E-state index contributed by atoms with van der Waals surface area (Å²) in [6.45, 7) is 0.496. The van der Waals surface area contributed by atoms with Gasteiger partial charge in [-0.05, 0) is 19.3 Å². The monoisotopic (exact) mass is 306 g/mol. The highest BCUT2D eigenvalue weighted by Gasteiger charge is 2.72. The molecule has 0 amide bonds. The molecule has 1 aliphatic carbocycles. The van der Waals surface area contributed by atoms with E-state index in [1.54, 1.807) is 0 Å². The molecule has 3 nitrogen and oxygen atoms in total. The fraction of sp³-hybridized carbons (Fsp3) is 1.00. The van der Waals surface area contributed by atoms with Crippen LogP contribution in [0.2, 0.25) is 0 Å². The van der Waals surface area contributed by atoms with Gasteiger partial charge in [0.15, 0.2) is 0 Å². The van der Waals surface area contributed by atoms with E-state index in [2.05, 4.69) is 22.6 Å². The Hall–Kier alpha value is 0.675. The molecule has 1 saturated carbocycles. The van der Waals surface area contributed by atoms with Gasteiger partial charge >= 0.3 is 0 Å². The second-order valence-corrected chi connectivity index (χ2v) is 5.99. The van der Waals surface area contributed by atoms with Crippen molar-refractivity contribution in [3.63, 3.8) is 0 Å². The Bertz CT molecular complexity index is 277. The smallest absolute Gasteiger partial charge is 0.134 e. The Morgan fingerprint density at radius 2 is 2.29 bits per heavy atom. The summed E-state index contributed by atoms with van der Waals surface area (Å²) in [5, 5.41) is 10.6. The second-order valence-electron chi connectivity index (χ2n) is 4.49. The predicted molar refractivity (Wildman–Crippen MR) is 59.7 cm³/mol. The maximum absolute atomic E-state index is 10.6. The molecule has 2 bridgehead atoms. The quantitative estimate of drug-likeness (QED) is 0.399. The average Bonchev–Trinajstić information content (AvgIpc) is 2.53. The van der Waals surface area contributed by atoms with Crippen LogP contribution in [0.25, 0.3) is 0 Å². The van der Waals surface area contributed by atoms with Crippen LogP contribution in [0.15, 0.2) is 0 Å². The Labute approximate surface area is 98.1 Å². The molecular weight excluding hydrogens is 294 g/mol. The van der Waals surface area contributed by atoms with Gasteiger partial charge in [0.2, 0.25) is 0 Å². The minimum atomic E-state index is -0.837. The van der Waals surface area contributed by atoms with E-state index >= 15 is 0 Å². The molecule has 76 valence electrons. The zero-order valence-electron chi connectivity index (χ0n) is 7.78. The van der Waals surface area contributed by atoms with Gasteiger partial charge < -0.3 is 14.6 Å². The first-order valence-corrected chi connectivity index (χ1v) is 6.26. The van der Waals surface area contributed by atoms with Gasteiger partial charge in [-0.2, -0.15) is 0 Å². The van der Waals surface area contributed by atoms with Crippen LogP contribution in [0.1, 0.15) is 19.3 Å². The number of halogens is 1. The van der Waals surface area contributed by atoms with Crippen molar-refractivity contribution < 1.29 is 14.6 Å². The molecule has 14 heavy (non-hydrogen) atoms. The first kappa shape index (κ1) is 9.87. The van der Waals surface area contributed by atoms with Crippen LogP contribution >= 0.6 is 22.6 Å². The van der Waals surface area contributed by atoms with Gasteiger partial charge in [0.25, 0.3) is 0 Å². The summed E-state index contributed by atoms with van der Waals surface area (Å²) in [5.74, 6) is 0. The summed E-state index contributed by atoms with van der Waals surface area (Å²) in [7, 11) is 5.81. The molecule has 0 aromatic heterocycles. The molecule has 2 heterocycles. The van der Waals surface area contributed by atoms with E-state index in [1.165, 1.54) is 0 Å². The molecule has 1 N–H and O–H groups in total. The van der Waals surface area contributed by atoms with Crippen LogP contribution in [-0.4, -0.2) is 46.8 Å². The van der Waals surface area contributed by atoms with E-state index in [1.807, 2.05) is 0 Å². The van der Waals surface area contributed by atoms with Crippen molar-refractivity contribution in [1.29, 1.82) is 0 Å². The van der Waals surface area contributed by atoms with Crippen molar-refractivity contribution in [2.24, 2.45) is 0 Å². The number of rotatable bonds is 0. The van der Waals surface area contributed by atoms with E-state index in [-0.39, 0.29) is 6.10 Å². The molecular formula is C9H12BIO3. The highest BCUT2D eigenvalue weighted by molar-refractivity contribution is 14.1. The maximum atomic E-state index is 10.6. The van der Waals surface area contributed by atoms with Gasteiger partial charge in [0, 0.05) is 9.93 Å². The van der Waals surface area contributed by atoms with Crippen molar-refractivity contribution in [3.8, 4) is 0 Å². The molecule has 0 aromatic carbocycles. The van der Waals surface area contributed by atoms with Crippen LogP contribution in [0, 0.1) is 0 Å². The number of hydrogen-bond acceptors (Lipinski definition) is 3. The van der Waals surface area contributed by atoms with Gasteiger partial charge in [-0.15, -0.1) is 0 Å². The average molecular weight is 306 g/mol. The van der Waals surface area contributed by atoms with Crippen molar-refractivity contribution in [3.05, 3.63) is 0 Å². The number of alkyl halides is 1. The minimum Gasteiger partial charge on any atom is -0.384 e. The van der Waals surface area contributed by atoms with Crippen molar-refractivity contribution in [2.45, 2.75) is 46.5 Å². The summed E-state index contributed by atoms with van der Waals surface area (Å²) in [5.41, 5.74) is -1.37. The fourth-order valence-corrected chi connectivity index (χ4v) is 4.40. The molecule has 0 spiro atoms. The molecule has 5 atom stereocenters. The molecule has 3 fully saturated rings. The maximum Gasteiger partial charge on any atom is 0.134 e. The summed E-state index contributed by atoms with van der Waals surface area (Å²) in [6.07, 6.45) is 2.54. The molecule has 2 aliphatic heterocycles. The molecule has 5 heteroatoms. The molecule has 0 aromatic rings. The first-order chi connectivity index (χ1) is 6.60. The predicted octanol–water partition coefficient (Wildman–Crippen LogP) is 0.367. The second kappa shape index (κ2) is 2.87. The normalized spacial score (nSPS) is 61.4. The Morgan fingerprint density at radius 1 is 1.50 bits per heavy atom. The third kappa shape index (κ3) is 0.906. The van der Waals surface area contributed by atoms with E-state index in [4.69, 9.17) is 17.3 Å². The Morgan fingerprint density at radius 3 is 2.93 bits per heavy atom. The van der Waals surface area contributed by atoms with Gasteiger partial charge in [-0.3, -0.25) is 0 Å². The number of ether oxygens (including phenoxy) is 2. The standard InChI is InChI=1S/C9H12BIO3/c10-7-6-8(12)3-1-2-5(11)9(8,14-7)4-13-6/h5-7,12H,1-4H2/t5?,6?,7-,8?,9-/m1/s1. The fourth-order valence-electron chi connectivity index (χ4n) is 3.10. The van der Waals surface area contributed by atoms with Gasteiger partial charge in [0.05, 0.1) is 6.61 Å². The molecule has 2 saturated heterocycles. The molecule has 3 unspecified atom stereocenters. The first-order valence-electron chi connectivity index (χ1n) is 5.02. The van der Waals surface area contributed by atoms with Crippen molar-refractivity contribution in [1.82, 2.24) is 0 Å². The lowest BCUT2D eigenvalue weighted by Gasteiger charge is -2.43. The Balaban J connectivity index is 2.07. The lowest BCUT2D eigenvalue weighted by molar-refractivity contribution is -0.137. The van der Waals surface area contributed by atoms with E-state index < -0.39 is 17.2 Å². The lowest BCUT2D eigenvalue weighted by atomic mass is 9.71. The van der Waals surface area contributed by atoms with Gasteiger partial charge in [-0.1, -0.05) is 22.6 Å². The number of aliphatic hydroxyl groups is 1.